The van der Waals surface area contributed by atoms with Crippen molar-refractivity contribution in [3.8, 4) is 17.0 Å². The van der Waals surface area contributed by atoms with Crippen LogP contribution in [0.25, 0.3) is 22.3 Å². The number of nitrogens with one attached hydrogen (secondary N) is 1. The highest BCUT2D eigenvalue weighted by atomic mass is 32.2. The standard InChI is InChI=1S/C24H30N4O4S/c1-15(2)9-11-25-24(29)20-13-21(17-5-7-19(32-4)8-6-17)26-23-22(20)16(3)27-28(23)18-10-12-33(30,31)14-18/h5-8,13,15,18H,9-12,14H2,1-4H3,(H,25,29). The van der Waals surface area contributed by atoms with E-state index in [2.05, 4.69) is 24.3 Å². The molecule has 0 saturated carbocycles. The van der Waals surface area contributed by atoms with E-state index in [1.165, 1.54) is 0 Å². The van der Waals surface area contributed by atoms with Crippen molar-refractivity contribution in [1.29, 1.82) is 0 Å². The number of methoxy groups -OCH3 is 1. The van der Waals surface area contributed by atoms with Crippen molar-refractivity contribution in [2.45, 2.75) is 39.7 Å². The van der Waals surface area contributed by atoms with Crippen LogP contribution in [0.3, 0.4) is 0 Å². The Labute approximate surface area is 194 Å². The maximum Gasteiger partial charge on any atom is 0.252 e. The number of sulfone groups is 1. The summed E-state index contributed by atoms with van der Waals surface area (Å²) >= 11 is 0. The Morgan fingerprint density at radius 1 is 1.27 bits per heavy atom. The molecule has 33 heavy (non-hydrogen) atoms. The summed E-state index contributed by atoms with van der Waals surface area (Å²) < 4.78 is 31.2. The van der Waals surface area contributed by atoms with Gasteiger partial charge in [0, 0.05) is 12.1 Å². The number of carbonyl (C=O) groups excluding carboxylic acids is 1. The summed E-state index contributed by atoms with van der Waals surface area (Å²) in [6, 6.07) is 8.97. The molecule has 1 atom stereocenters. The van der Waals surface area contributed by atoms with Gasteiger partial charge in [-0.1, -0.05) is 13.8 Å². The number of nitrogens with zero attached hydrogens (tertiary/aromatic N) is 3. The van der Waals surface area contributed by atoms with Gasteiger partial charge in [-0.3, -0.25) is 4.79 Å². The number of carbonyl (C=O) groups is 1. The number of fused-ring (bicyclic) bond motifs is 1. The smallest absolute Gasteiger partial charge is 0.252 e. The molecule has 1 saturated heterocycles. The Hall–Kier alpha value is -2.94. The summed E-state index contributed by atoms with van der Waals surface area (Å²) in [6.07, 6.45) is 1.37. The molecule has 1 unspecified atom stereocenters. The molecule has 0 spiro atoms. The van der Waals surface area contributed by atoms with Gasteiger partial charge in [0.15, 0.2) is 15.5 Å². The second-order valence-corrected chi connectivity index (χ2v) is 11.2. The molecule has 9 heteroatoms. The molecule has 1 aromatic carbocycles. The highest BCUT2D eigenvalue weighted by Crippen LogP contribution is 2.32. The zero-order valence-corrected chi connectivity index (χ0v) is 20.3. The molecule has 0 bridgehead atoms. The first kappa shape index (κ1) is 23.2. The Balaban J connectivity index is 1.84. The van der Waals surface area contributed by atoms with Crippen LogP contribution in [0, 0.1) is 12.8 Å². The van der Waals surface area contributed by atoms with Crippen LogP contribution in [0.4, 0.5) is 0 Å². The Morgan fingerprint density at radius 2 is 2.00 bits per heavy atom. The third-order valence-electron chi connectivity index (χ3n) is 6.03. The third-order valence-corrected chi connectivity index (χ3v) is 7.78. The van der Waals surface area contributed by atoms with Gasteiger partial charge in [-0.2, -0.15) is 5.10 Å². The molecule has 0 radical (unpaired) electrons. The number of benzene rings is 1. The molecule has 8 nitrogen and oxygen atoms in total. The van der Waals surface area contributed by atoms with Gasteiger partial charge < -0.3 is 10.1 Å². The zero-order chi connectivity index (χ0) is 23.8. The summed E-state index contributed by atoms with van der Waals surface area (Å²) in [7, 11) is -1.49. The normalized spacial score (nSPS) is 17.5. The Bertz CT molecular complexity index is 1280. The summed E-state index contributed by atoms with van der Waals surface area (Å²) in [6.45, 7) is 6.64. The topological polar surface area (TPSA) is 103 Å². The molecule has 0 aliphatic carbocycles. The lowest BCUT2D eigenvalue weighted by Crippen LogP contribution is -2.25. The summed E-state index contributed by atoms with van der Waals surface area (Å²) in [5.74, 6) is 1.20. The largest absolute Gasteiger partial charge is 0.497 e. The van der Waals surface area contributed by atoms with Gasteiger partial charge in [-0.25, -0.2) is 18.1 Å². The highest BCUT2D eigenvalue weighted by Gasteiger charge is 2.32. The highest BCUT2D eigenvalue weighted by molar-refractivity contribution is 7.91. The Kier molecular flexibility index (Phi) is 6.43. The minimum atomic E-state index is -3.10. The van der Waals surface area contributed by atoms with Crippen LogP contribution in [-0.2, 0) is 9.84 Å². The van der Waals surface area contributed by atoms with E-state index in [9.17, 15) is 13.2 Å². The second-order valence-electron chi connectivity index (χ2n) is 9.01. The maximum atomic E-state index is 13.2. The first-order chi connectivity index (χ1) is 15.7. The maximum absolute atomic E-state index is 13.2. The van der Waals surface area contributed by atoms with Gasteiger partial charge in [0.1, 0.15) is 5.75 Å². The zero-order valence-electron chi connectivity index (χ0n) is 19.5. The molecule has 1 fully saturated rings. The number of pyridine rings is 1. The fourth-order valence-corrected chi connectivity index (χ4v) is 5.89. The van der Waals surface area contributed by atoms with E-state index in [0.29, 0.717) is 46.9 Å². The number of aromatic nitrogens is 3. The number of ether oxygens (including phenoxy) is 1. The van der Waals surface area contributed by atoms with Crippen LogP contribution in [0.5, 0.6) is 5.75 Å². The van der Waals surface area contributed by atoms with Crippen molar-refractivity contribution in [2.75, 3.05) is 25.2 Å². The third kappa shape index (κ3) is 4.88. The van der Waals surface area contributed by atoms with Crippen LogP contribution in [0.1, 0.15) is 48.8 Å². The van der Waals surface area contributed by atoms with Crippen molar-refractivity contribution >= 4 is 26.8 Å². The van der Waals surface area contributed by atoms with Crippen molar-refractivity contribution in [3.63, 3.8) is 0 Å². The van der Waals surface area contributed by atoms with E-state index in [-0.39, 0.29) is 23.5 Å². The fourth-order valence-electron chi connectivity index (χ4n) is 4.19. The molecule has 4 rings (SSSR count). The van der Waals surface area contributed by atoms with Crippen molar-refractivity contribution in [3.05, 3.63) is 41.6 Å². The molecular weight excluding hydrogens is 440 g/mol. The summed E-state index contributed by atoms with van der Waals surface area (Å²) in [4.78, 5) is 18.1. The van der Waals surface area contributed by atoms with Gasteiger partial charge in [0.05, 0.1) is 47.0 Å². The van der Waals surface area contributed by atoms with E-state index >= 15 is 0 Å². The average Bonchev–Trinajstić information content (AvgIpc) is 3.31. The van der Waals surface area contributed by atoms with Crippen molar-refractivity contribution in [2.24, 2.45) is 5.92 Å². The lowest BCUT2D eigenvalue weighted by atomic mass is 10.0. The molecule has 1 aliphatic heterocycles. The molecule has 2 aromatic heterocycles. The quantitative estimate of drug-likeness (QED) is 0.566. The first-order valence-electron chi connectivity index (χ1n) is 11.2. The van der Waals surface area contributed by atoms with Crippen LogP contribution in [-0.4, -0.2) is 54.2 Å². The molecule has 3 aromatic rings. The summed E-state index contributed by atoms with van der Waals surface area (Å²) in [5, 5.41) is 8.32. The predicted octanol–water partition coefficient (Wildman–Crippen LogP) is 3.55. The number of aryl methyl sites for hydroxylation is 1. The van der Waals surface area contributed by atoms with Gasteiger partial charge in [0.25, 0.3) is 5.91 Å². The van der Waals surface area contributed by atoms with Crippen LogP contribution >= 0.6 is 0 Å². The number of rotatable bonds is 7. The first-order valence-corrected chi connectivity index (χ1v) is 13.0. The van der Waals surface area contributed by atoms with Crippen molar-refractivity contribution < 1.29 is 17.9 Å². The molecule has 1 N–H and O–H groups in total. The van der Waals surface area contributed by atoms with E-state index < -0.39 is 9.84 Å². The van der Waals surface area contributed by atoms with Crippen LogP contribution < -0.4 is 10.1 Å². The van der Waals surface area contributed by atoms with Gasteiger partial charge in [-0.15, -0.1) is 0 Å². The average molecular weight is 471 g/mol. The Morgan fingerprint density at radius 3 is 2.61 bits per heavy atom. The SMILES string of the molecule is COc1ccc(-c2cc(C(=O)NCCC(C)C)c3c(C)nn(C4CCS(=O)(=O)C4)c3n2)cc1. The molecule has 1 amide bonds. The number of amides is 1. The van der Waals surface area contributed by atoms with Gasteiger partial charge in [-0.05, 0) is 56.0 Å². The van der Waals surface area contributed by atoms with E-state index in [1.54, 1.807) is 17.9 Å². The number of hydrogen-bond donors (Lipinski definition) is 1. The lowest BCUT2D eigenvalue weighted by molar-refractivity contribution is 0.0953. The molecule has 3 heterocycles. The monoisotopic (exact) mass is 470 g/mol. The minimum absolute atomic E-state index is 0.0353. The van der Waals surface area contributed by atoms with E-state index in [4.69, 9.17) is 9.72 Å². The molecule has 1 aliphatic rings. The van der Waals surface area contributed by atoms with E-state index in [1.807, 2.05) is 31.2 Å². The van der Waals surface area contributed by atoms with Gasteiger partial charge in [0.2, 0.25) is 0 Å². The van der Waals surface area contributed by atoms with Crippen LogP contribution in [0.15, 0.2) is 30.3 Å². The predicted molar refractivity (Wildman–Crippen MR) is 128 cm³/mol. The van der Waals surface area contributed by atoms with Crippen LogP contribution in [0.2, 0.25) is 0 Å². The second kappa shape index (κ2) is 9.13. The lowest BCUT2D eigenvalue weighted by Gasteiger charge is -2.13. The molecule has 176 valence electrons. The van der Waals surface area contributed by atoms with Gasteiger partial charge >= 0.3 is 0 Å². The fraction of sp³-hybridized carbons (Fsp3) is 0.458. The number of hydrogen-bond acceptors (Lipinski definition) is 6. The minimum Gasteiger partial charge on any atom is -0.497 e. The van der Waals surface area contributed by atoms with Crippen molar-refractivity contribution in [1.82, 2.24) is 20.1 Å². The molecular formula is C24H30N4O4S. The van der Waals surface area contributed by atoms with E-state index in [0.717, 1.165) is 17.7 Å². The summed E-state index contributed by atoms with van der Waals surface area (Å²) in [5.41, 5.74) is 3.16.